The molecule has 3 aromatic rings. The molecule has 1 amide bonds. The molecule has 3 aromatic carbocycles. The Morgan fingerprint density at radius 3 is 2.62 bits per heavy atom. The zero-order valence-electron chi connectivity index (χ0n) is 13.6. The summed E-state index contributed by atoms with van der Waals surface area (Å²) in [7, 11) is 0. The zero-order valence-corrected chi connectivity index (χ0v) is 14.4. The number of hydrogen-bond donors (Lipinski definition) is 0. The van der Waals surface area contributed by atoms with E-state index in [0.717, 1.165) is 10.8 Å². The van der Waals surface area contributed by atoms with Crippen molar-refractivity contribution in [2.45, 2.75) is 0 Å². The topological polar surface area (TPSA) is 55.8 Å². The Hall–Kier alpha value is -3.05. The minimum absolute atomic E-state index is 0.103. The highest BCUT2D eigenvalue weighted by Crippen LogP contribution is 2.33. The lowest BCUT2D eigenvalue weighted by Crippen LogP contribution is -2.43. The van der Waals surface area contributed by atoms with Crippen LogP contribution in [-0.2, 0) is 9.59 Å². The first-order chi connectivity index (χ1) is 12.6. The van der Waals surface area contributed by atoms with Crippen molar-refractivity contribution in [3.63, 3.8) is 0 Å². The van der Waals surface area contributed by atoms with Crippen LogP contribution in [-0.4, -0.2) is 25.0 Å². The van der Waals surface area contributed by atoms with E-state index in [9.17, 15) is 9.59 Å². The minimum Gasteiger partial charge on any atom is -0.482 e. The molecule has 0 fully saturated rings. The smallest absolute Gasteiger partial charge is 0.331 e. The fourth-order valence-electron chi connectivity index (χ4n) is 2.93. The predicted octanol–water partition coefficient (Wildman–Crippen LogP) is 3.82. The third-order valence-corrected chi connectivity index (χ3v) is 4.48. The number of fused-ring (bicyclic) bond motifs is 2. The highest BCUT2D eigenvalue weighted by Gasteiger charge is 2.27. The second-order valence-corrected chi connectivity index (χ2v) is 6.21. The van der Waals surface area contributed by atoms with E-state index in [1.54, 1.807) is 30.3 Å². The highest BCUT2D eigenvalue weighted by molar-refractivity contribution is 6.35. The van der Waals surface area contributed by atoms with Gasteiger partial charge in [-0.25, -0.2) is 4.79 Å². The first-order valence-electron chi connectivity index (χ1n) is 8.03. The molecule has 0 unspecified atom stereocenters. The summed E-state index contributed by atoms with van der Waals surface area (Å²) >= 11 is 6.19. The molecule has 130 valence electrons. The van der Waals surface area contributed by atoms with Crippen LogP contribution < -0.4 is 14.4 Å². The molecule has 0 saturated heterocycles. The van der Waals surface area contributed by atoms with Crippen molar-refractivity contribution in [3.8, 4) is 11.5 Å². The maximum absolute atomic E-state index is 12.5. The van der Waals surface area contributed by atoms with Crippen molar-refractivity contribution in [1.29, 1.82) is 0 Å². The van der Waals surface area contributed by atoms with Crippen LogP contribution in [0.3, 0.4) is 0 Å². The third kappa shape index (κ3) is 2.97. The Morgan fingerprint density at radius 1 is 1.04 bits per heavy atom. The van der Waals surface area contributed by atoms with Crippen molar-refractivity contribution in [3.05, 3.63) is 65.7 Å². The average Bonchev–Trinajstić information content (AvgIpc) is 2.67. The quantitative estimate of drug-likeness (QED) is 0.521. The molecule has 0 spiro atoms. The summed E-state index contributed by atoms with van der Waals surface area (Å²) in [4.78, 5) is 26.0. The molecule has 4 rings (SSSR count). The Morgan fingerprint density at radius 2 is 1.77 bits per heavy atom. The van der Waals surface area contributed by atoms with Gasteiger partial charge in [0.15, 0.2) is 6.61 Å². The summed E-state index contributed by atoms with van der Waals surface area (Å²) in [5, 5.41) is 2.12. The number of carbonyl (C=O) groups excluding carboxylic acids is 2. The lowest BCUT2D eigenvalue weighted by Gasteiger charge is -2.28. The van der Waals surface area contributed by atoms with E-state index in [4.69, 9.17) is 21.1 Å². The molecule has 0 bridgehead atoms. The van der Waals surface area contributed by atoms with Gasteiger partial charge in [0.2, 0.25) is 0 Å². The summed E-state index contributed by atoms with van der Waals surface area (Å²) in [6.45, 7) is -0.301. The number of anilines is 1. The first kappa shape index (κ1) is 16.4. The van der Waals surface area contributed by atoms with Crippen LogP contribution in [0.15, 0.2) is 60.7 Å². The lowest BCUT2D eigenvalue weighted by atomic mass is 10.1. The van der Waals surface area contributed by atoms with Gasteiger partial charge in [-0.05, 0) is 24.3 Å². The molecule has 0 atom stereocenters. The molecule has 1 aliphatic heterocycles. The monoisotopic (exact) mass is 367 g/mol. The third-order valence-electron chi connectivity index (χ3n) is 4.15. The molecule has 1 heterocycles. The minimum atomic E-state index is -0.539. The van der Waals surface area contributed by atoms with E-state index in [1.165, 1.54) is 4.90 Å². The number of rotatable bonds is 3. The fourth-order valence-corrected chi connectivity index (χ4v) is 3.16. The lowest BCUT2D eigenvalue weighted by molar-refractivity contribution is -0.134. The number of nitrogens with zero attached hydrogens (tertiary/aromatic N) is 1. The van der Waals surface area contributed by atoms with Crippen molar-refractivity contribution < 1.29 is 19.1 Å². The van der Waals surface area contributed by atoms with Crippen LogP contribution in [0, 0.1) is 0 Å². The van der Waals surface area contributed by atoms with Gasteiger partial charge in [-0.15, -0.1) is 0 Å². The number of ether oxygens (including phenoxy) is 2. The van der Waals surface area contributed by atoms with E-state index in [-0.39, 0.29) is 19.1 Å². The SMILES string of the molecule is O=C(CN1C(=O)COc2ccccc21)Oc1ccc(Cl)c2ccccc12. The van der Waals surface area contributed by atoms with Crippen LogP contribution in [0.2, 0.25) is 5.02 Å². The average molecular weight is 368 g/mol. The molecule has 6 heteroatoms. The van der Waals surface area contributed by atoms with Gasteiger partial charge < -0.3 is 9.47 Å². The van der Waals surface area contributed by atoms with Gasteiger partial charge in [0, 0.05) is 15.8 Å². The van der Waals surface area contributed by atoms with E-state index in [2.05, 4.69) is 0 Å². The molecule has 0 saturated carbocycles. The predicted molar refractivity (Wildman–Crippen MR) is 98.9 cm³/mol. The second kappa shape index (κ2) is 6.69. The normalized spacial score (nSPS) is 13.3. The molecule has 26 heavy (non-hydrogen) atoms. The maximum Gasteiger partial charge on any atom is 0.331 e. The van der Waals surface area contributed by atoms with E-state index in [0.29, 0.717) is 22.2 Å². The van der Waals surface area contributed by atoms with Crippen LogP contribution >= 0.6 is 11.6 Å². The van der Waals surface area contributed by atoms with Gasteiger partial charge in [-0.1, -0.05) is 48.0 Å². The Kier molecular flexibility index (Phi) is 4.22. The second-order valence-electron chi connectivity index (χ2n) is 5.80. The molecule has 5 nitrogen and oxygen atoms in total. The van der Waals surface area contributed by atoms with Gasteiger partial charge in [-0.3, -0.25) is 9.69 Å². The summed E-state index contributed by atoms with van der Waals surface area (Å²) in [5.41, 5.74) is 0.557. The number of carbonyl (C=O) groups is 2. The molecule has 1 aliphatic rings. The Balaban J connectivity index is 1.59. The van der Waals surface area contributed by atoms with Gasteiger partial charge in [-0.2, -0.15) is 0 Å². The molecular formula is C20H14ClNO4. The van der Waals surface area contributed by atoms with Crippen LogP contribution in [0.25, 0.3) is 10.8 Å². The number of amides is 1. The largest absolute Gasteiger partial charge is 0.482 e. The van der Waals surface area contributed by atoms with E-state index in [1.807, 2.05) is 30.3 Å². The van der Waals surface area contributed by atoms with Crippen molar-refractivity contribution >= 4 is 39.9 Å². The number of hydrogen-bond acceptors (Lipinski definition) is 4. The standard InChI is InChI=1S/C20H14ClNO4/c21-15-9-10-17(14-6-2-1-5-13(14)15)26-20(24)11-22-16-7-3-4-8-18(16)25-12-19(22)23/h1-10H,11-12H2. The highest BCUT2D eigenvalue weighted by atomic mass is 35.5. The Bertz CT molecular complexity index is 1020. The van der Waals surface area contributed by atoms with Gasteiger partial charge in [0.05, 0.1) is 5.69 Å². The van der Waals surface area contributed by atoms with Crippen molar-refractivity contribution in [2.75, 3.05) is 18.1 Å². The van der Waals surface area contributed by atoms with Crippen molar-refractivity contribution in [1.82, 2.24) is 0 Å². The number of halogens is 1. The van der Waals surface area contributed by atoms with Crippen LogP contribution in [0.1, 0.15) is 0 Å². The van der Waals surface area contributed by atoms with Gasteiger partial charge >= 0.3 is 5.97 Å². The van der Waals surface area contributed by atoms with E-state index >= 15 is 0 Å². The maximum atomic E-state index is 12.5. The number of para-hydroxylation sites is 2. The van der Waals surface area contributed by atoms with Crippen LogP contribution in [0.5, 0.6) is 11.5 Å². The summed E-state index contributed by atoms with van der Waals surface area (Å²) in [6.07, 6.45) is 0. The molecule has 0 N–H and O–H groups in total. The number of benzene rings is 3. The van der Waals surface area contributed by atoms with Crippen molar-refractivity contribution in [2.24, 2.45) is 0 Å². The first-order valence-corrected chi connectivity index (χ1v) is 8.41. The Labute approximate surface area is 154 Å². The molecular weight excluding hydrogens is 354 g/mol. The van der Waals surface area contributed by atoms with Gasteiger partial charge in [0.25, 0.3) is 5.91 Å². The summed E-state index contributed by atoms with van der Waals surface area (Å²) < 4.78 is 10.9. The molecule has 0 aromatic heterocycles. The van der Waals surface area contributed by atoms with Crippen LogP contribution in [0.4, 0.5) is 5.69 Å². The number of esters is 1. The zero-order chi connectivity index (χ0) is 18.1. The van der Waals surface area contributed by atoms with Gasteiger partial charge in [0.1, 0.15) is 18.0 Å². The summed E-state index contributed by atoms with van der Waals surface area (Å²) in [6, 6.07) is 17.8. The fraction of sp³-hybridized carbons (Fsp3) is 0.100. The molecule has 0 radical (unpaired) electrons. The van der Waals surface area contributed by atoms with E-state index < -0.39 is 5.97 Å². The molecule has 0 aliphatic carbocycles. The summed E-state index contributed by atoms with van der Waals surface area (Å²) in [5.74, 6) is 0.143.